The first-order valence-corrected chi connectivity index (χ1v) is 10.3. The van der Waals surface area contributed by atoms with Gasteiger partial charge in [0.15, 0.2) is 11.5 Å². The summed E-state index contributed by atoms with van der Waals surface area (Å²) in [6, 6.07) is 10.4. The van der Waals surface area contributed by atoms with Gasteiger partial charge in [0, 0.05) is 12.1 Å². The Morgan fingerprint density at radius 1 is 1.32 bits per heavy atom. The highest BCUT2D eigenvalue weighted by Gasteiger charge is 2.36. The number of hydrogen-bond acceptors (Lipinski definition) is 5. The van der Waals surface area contributed by atoms with Gasteiger partial charge in [-0.15, -0.1) is 10.2 Å². The van der Waals surface area contributed by atoms with Crippen LogP contribution in [0, 0.1) is 5.92 Å². The fourth-order valence-corrected chi connectivity index (χ4v) is 3.76. The number of rotatable bonds is 8. The maximum atomic E-state index is 6.03. The zero-order valence-electron chi connectivity index (χ0n) is 14.7. The van der Waals surface area contributed by atoms with Gasteiger partial charge in [0.05, 0.1) is 12.6 Å². The molecular formula is C19H24N4OS. The van der Waals surface area contributed by atoms with E-state index >= 15 is 0 Å². The van der Waals surface area contributed by atoms with Gasteiger partial charge in [-0.3, -0.25) is 4.40 Å². The second-order valence-electron chi connectivity index (χ2n) is 6.83. The minimum absolute atomic E-state index is 0.151. The molecule has 3 atom stereocenters. The Morgan fingerprint density at radius 3 is 3.00 bits per heavy atom. The number of nitrogens with one attached hydrogen (secondary N) is 1. The standard InChI is InChI=1S/C19H24N4OS/c1-13-11-15(13)17-7-6-14(24-17)12-20-16(8-10-25-2)19-22-21-18-5-3-4-9-23(18)19/h3-7,9,13,15-16,20H,8,10-12H2,1-2H3. The van der Waals surface area contributed by atoms with Crippen molar-refractivity contribution in [1.82, 2.24) is 19.9 Å². The van der Waals surface area contributed by atoms with Crippen molar-refractivity contribution in [3.05, 3.63) is 53.9 Å². The highest BCUT2D eigenvalue weighted by Crippen LogP contribution is 2.47. The predicted octanol–water partition coefficient (Wildman–Crippen LogP) is 4.03. The molecule has 3 unspecified atom stereocenters. The Hall–Kier alpha value is -1.79. The average Bonchev–Trinajstić information content (AvgIpc) is 3.03. The maximum absolute atomic E-state index is 6.03. The van der Waals surface area contributed by atoms with E-state index in [1.807, 2.05) is 36.2 Å². The molecule has 1 saturated carbocycles. The van der Waals surface area contributed by atoms with Gasteiger partial charge in [0.2, 0.25) is 0 Å². The lowest BCUT2D eigenvalue weighted by Gasteiger charge is -2.16. The molecule has 1 N–H and O–H groups in total. The molecule has 0 radical (unpaired) electrons. The molecule has 5 nitrogen and oxygen atoms in total. The fraction of sp³-hybridized carbons (Fsp3) is 0.474. The molecule has 0 saturated heterocycles. The topological polar surface area (TPSA) is 55.4 Å². The quantitative estimate of drug-likeness (QED) is 0.660. The molecule has 1 aliphatic carbocycles. The van der Waals surface area contributed by atoms with Gasteiger partial charge < -0.3 is 9.73 Å². The van der Waals surface area contributed by atoms with E-state index in [0.717, 1.165) is 41.1 Å². The molecular weight excluding hydrogens is 332 g/mol. The van der Waals surface area contributed by atoms with Crippen LogP contribution < -0.4 is 5.32 Å². The molecule has 0 aromatic carbocycles. The lowest BCUT2D eigenvalue weighted by Crippen LogP contribution is -2.23. The van der Waals surface area contributed by atoms with Crippen LogP contribution in [0.4, 0.5) is 0 Å². The van der Waals surface area contributed by atoms with E-state index in [4.69, 9.17) is 4.42 Å². The number of fused-ring (bicyclic) bond motifs is 1. The van der Waals surface area contributed by atoms with Crippen LogP contribution in [0.1, 0.15) is 49.1 Å². The second-order valence-corrected chi connectivity index (χ2v) is 7.81. The molecule has 1 aliphatic rings. The molecule has 0 spiro atoms. The van der Waals surface area contributed by atoms with Crippen molar-refractivity contribution >= 4 is 17.4 Å². The first-order valence-electron chi connectivity index (χ1n) is 8.87. The van der Waals surface area contributed by atoms with E-state index in [0.29, 0.717) is 12.5 Å². The molecule has 0 bridgehead atoms. The summed E-state index contributed by atoms with van der Waals surface area (Å²) >= 11 is 1.85. The van der Waals surface area contributed by atoms with Crippen LogP contribution in [0.15, 0.2) is 40.9 Å². The third-order valence-corrected chi connectivity index (χ3v) is 5.59. The zero-order valence-corrected chi connectivity index (χ0v) is 15.5. The van der Waals surface area contributed by atoms with Crippen molar-refractivity contribution < 1.29 is 4.42 Å². The number of pyridine rings is 1. The van der Waals surface area contributed by atoms with Crippen molar-refractivity contribution in [3.8, 4) is 0 Å². The van der Waals surface area contributed by atoms with Gasteiger partial charge in [0.25, 0.3) is 0 Å². The van der Waals surface area contributed by atoms with E-state index in [9.17, 15) is 0 Å². The minimum Gasteiger partial charge on any atom is -0.464 e. The molecule has 0 amide bonds. The molecule has 4 rings (SSSR count). The fourth-order valence-electron chi connectivity index (χ4n) is 3.29. The van der Waals surface area contributed by atoms with Crippen molar-refractivity contribution in [1.29, 1.82) is 0 Å². The summed E-state index contributed by atoms with van der Waals surface area (Å²) in [5, 5.41) is 12.3. The Labute approximate surface area is 152 Å². The SMILES string of the molecule is CSCCC(NCc1ccc(C2CC2C)o1)c1nnc2ccccn12. The summed E-state index contributed by atoms with van der Waals surface area (Å²) in [6.07, 6.45) is 6.42. The smallest absolute Gasteiger partial charge is 0.160 e. The minimum atomic E-state index is 0.151. The Bertz CT molecular complexity index is 843. The van der Waals surface area contributed by atoms with E-state index in [1.165, 1.54) is 6.42 Å². The summed E-state index contributed by atoms with van der Waals surface area (Å²) in [4.78, 5) is 0. The van der Waals surface area contributed by atoms with Crippen molar-refractivity contribution in [3.63, 3.8) is 0 Å². The molecule has 3 aromatic heterocycles. The summed E-state index contributed by atoms with van der Waals surface area (Å²) in [7, 11) is 0. The first kappa shape index (κ1) is 16.7. The van der Waals surface area contributed by atoms with Gasteiger partial charge >= 0.3 is 0 Å². The molecule has 1 fully saturated rings. The van der Waals surface area contributed by atoms with Crippen LogP contribution in [0.3, 0.4) is 0 Å². The molecule has 25 heavy (non-hydrogen) atoms. The number of nitrogens with zero attached hydrogens (tertiary/aromatic N) is 3. The Morgan fingerprint density at radius 2 is 2.20 bits per heavy atom. The number of aromatic nitrogens is 3. The van der Waals surface area contributed by atoms with Crippen LogP contribution in [0.5, 0.6) is 0 Å². The largest absolute Gasteiger partial charge is 0.464 e. The number of furan rings is 1. The van der Waals surface area contributed by atoms with Crippen LogP contribution in [-0.2, 0) is 6.54 Å². The van der Waals surface area contributed by atoms with Gasteiger partial charge in [0.1, 0.15) is 11.5 Å². The van der Waals surface area contributed by atoms with E-state index in [1.54, 1.807) is 0 Å². The maximum Gasteiger partial charge on any atom is 0.160 e. The molecule has 3 aromatic rings. The third kappa shape index (κ3) is 3.60. The van der Waals surface area contributed by atoms with E-state index in [-0.39, 0.29) is 6.04 Å². The van der Waals surface area contributed by atoms with E-state index < -0.39 is 0 Å². The number of thioether (sulfide) groups is 1. The van der Waals surface area contributed by atoms with E-state index in [2.05, 4.69) is 45.2 Å². The predicted molar refractivity (Wildman–Crippen MR) is 101 cm³/mol. The lowest BCUT2D eigenvalue weighted by atomic mass is 10.2. The summed E-state index contributed by atoms with van der Waals surface area (Å²) in [5.41, 5.74) is 0.886. The highest BCUT2D eigenvalue weighted by molar-refractivity contribution is 7.98. The van der Waals surface area contributed by atoms with Crippen molar-refractivity contribution in [2.45, 2.75) is 38.3 Å². The zero-order chi connectivity index (χ0) is 17.2. The second kappa shape index (κ2) is 7.22. The van der Waals surface area contributed by atoms with Gasteiger partial charge in [-0.1, -0.05) is 13.0 Å². The highest BCUT2D eigenvalue weighted by atomic mass is 32.2. The van der Waals surface area contributed by atoms with Gasteiger partial charge in [-0.2, -0.15) is 11.8 Å². The summed E-state index contributed by atoms with van der Waals surface area (Å²) < 4.78 is 8.09. The lowest BCUT2D eigenvalue weighted by molar-refractivity contribution is 0.413. The van der Waals surface area contributed by atoms with Gasteiger partial charge in [-0.05, 0) is 55.0 Å². The van der Waals surface area contributed by atoms with Crippen molar-refractivity contribution in [2.24, 2.45) is 5.92 Å². The Kier molecular flexibility index (Phi) is 4.81. The summed E-state index contributed by atoms with van der Waals surface area (Å²) in [5.74, 6) is 5.56. The van der Waals surface area contributed by atoms with Crippen LogP contribution in [0.25, 0.3) is 5.65 Å². The normalized spacial score (nSPS) is 20.9. The van der Waals surface area contributed by atoms with Crippen molar-refractivity contribution in [2.75, 3.05) is 12.0 Å². The third-order valence-electron chi connectivity index (χ3n) is 4.94. The monoisotopic (exact) mass is 356 g/mol. The first-order chi connectivity index (χ1) is 12.3. The molecule has 3 heterocycles. The van der Waals surface area contributed by atoms with Crippen LogP contribution in [0.2, 0.25) is 0 Å². The van der Waals surface area contributed by atoms with Gasteiger partial charge in [-0.25, -0.2) is 0 Å². The number of hydrogen-bond donors (Lipinski definition) is 1. The molecule has 132 valence electrons. The van der Waals surface area contributed by atoms with Crippen LogP contribution >= 0.6 is 11.8 Å². The molecule has 6 heteroatoms. The average molecular weight is 356 g/mol. The summed E-state index contributed by atoms with van der Waals surface area (Å²) in [6.45, 7) is 2.99. The molecule has 0 aliphatic heterocycles. The van der Waals surface area contributed by atoms with Crippen LogP contribution in [-0.4, -0.2) is 26.6 Å². The Balaban J connectivity index is 1.48.